The van der Waals surface area contributed by atoms with Crippen molar-refractivity contribution in [3.8, 4) is 17.2 Å². The summed E-state index contributed by atoms with van der Waals surface area (Å²) in [5, 5.41) is 2.82. The van der Waals surface area contributed by atoms with E-state index in [1.165, 1.54) is 0 Å². The predicted octanol–water partition coefficient (Wildman–Crippen LogP) is 3.72. The summed E-state index contributed by atoms with van der Waals surface area (Å²) >= 11 is 0. The van der Waals surface area contributed by atoms with E-state index in [1.807, 2.05) is 0 Å². The molecule has 0 aliphatic carbocycles. The van der Waals surface area contributed by atoms with Gasteiger partial charge in [0.25, 0.3) is 0 Å². The first-order valence-electron chi connectivity index (χ1n) is 9.34. The highest BCUT2D eigenvalue weighted by Crippen LogP contribution is 2.30. The maximum absolute atomic E-state index is 12.2. The zero-order valence-corrected chi connectivity index (χ0v) is 17.0. The number of anilines is 1. The molecule has 0 atom stereocenters. The molecule has 29 heavy (non-hydrogen) atoms. The summed E-state index contributed by atoms with van der Waals surface area (Å²) in [6.45, 7) is 0.819. The van der Waals surface area contributed by atoms with Crippen LogP contribution in [-0.4, -0.2) is 46.2 Å². The van der Waals surface area contributed by atoms with Gasteiger partial charge in [0.2, 0.25) is 5.91 Å². The second-order valence-corrected chi connectivity index (χ2v) is 6.26. The molecule has 0 saturated carbocycles. The zero-order valence-electron chi connectivity index (χ0n) is 17.0. The Morgan fingerprint density at radius 2 is 1.62 bits per heavy atom. The molecule has 7 nitrogen and oxygen atoms in total. The number of carbonyl (C=O) groups excluding carboxylic acids is 2. The van der Waals surface area contributed by atoms with Crippen LogP contribution >= 0.6 is 0 Å². The summed E-state index contributed by atoms with van der Waals surface area (Å²) in [6, 6.07) is 12.1. The van der Waals surface area contributed by atoms with Crippen LogP contribution in [0.25, 0.3) is 0 Å². The van der Waals surface area contributed by atoms with Crippen LogP contribution in [0, 0.1) is 0 Å². The molecule has 0 aliphatic heterocycles. The van der Waals surface area contributed by atoms with Gasteiger partial charge in [-0.05, 0) is 42.8 Å². The van der Waals surface area contributed by atoms with E-state index in [2.05, 4.69) is 5.32 Å². The lowest BCUT2D eigenvalue weighted by Crippen LogP contribution is -2.12. The highest BCUT2D eigenvalue weighted by atomic mass is 16.5. The molecule has 0 aliphatic rings. The molecule has 0 spiro atoms. The maximum atomic E-state index is 12.2. The number of amides is 1. The van der Waals surface area contributed by atoms with Gasteiger partial charge in [0, 0.05) is 37.3 Å². The first kappa shape index (κ1) is 22.2. The van der Waals surface area contributed by atoms with Crippen molar-refractivity contribution in [1.29, 1.82) is 0 Å². The van der Waals surface area contributed by atoms with Crippen LogP contribution in [0.2, 0.25) is 0 Å². The number of carbonyl (C=O) groups is 2. The van der Waals surface area contributed by atoms with Crippen LogP contribution < -0.4 is 19.5 Å². The summed E-state index contributed by atoms with van der Waals surface area (Å²) < 4.78 is 20.9. The van der Waals surface area contributed by atoms with Gasteiger partial charge in [0.1, 0.15) is 12.4 Å². The monoisotopic (exact) mass is 401 g/mol. The van der Waals surface area contributed by atoms with Gasteiger partial charge in [-0.3, -0.25) is 9.59 Å². The van der Waals surface area contributed by atoms with E-state index >= 15 is 0 Å². The van der Waals surface area contributed by atoms with Crippen molar-refractivity contribution < 1.29 is 28.5 Å². The average molecular weight is 401 g/mol. The zero-order chi connectivity index (χ0) is 21.1. The topological polar surface area (TPSA) is 83.1 Å². The fraction of sp³-hybridized carbons (Fsp3) is 0.364. The Balaban J connectivity index is 1.83. The number of ether oxygens (including phenoxy) is 4. The molecule has 0 unspecified atom stereocenters. The molecule has 0 bridgehead atoms. The SMILES string of the molecule is COCCOc1cc(NC(=O)CCCC(=O)c2ccc(OC)cc2)ccc1OC. The van der Waals surface area contributed by atoms with Crippen LogP contribution in [0.15, 0.2) is 42.5 Å². The molecular formula is C22H27NO6. The molecule has 0 fully saturated rings. The van der Waals surface area contributed by atoms with E-state index < -0.39 is 0 Å². The Hall–Kier alpha value is -3.06. The first-order valence-corrected chi connectivity index (χ1v) is 9.34. The van der Waals surface area contributed by atoms with Gasteiger partial charge in [-0.1, -0.05) is 0 Å². The summed E-state index contributed by atoms with van der Waals surface area (Å²) in [4.78, 5) is 24.4. The lowest BCUT2D eigenvalue weighted by Gasteiger charge is -2.12. The molecule has 156 valence electrons. The van der Waals surface area contributed by atoms with E-state index in [0.717, 1.165) is 0 Å². The average Bonchev–Trinajstić information content (AvgIpc) is 2.74. The fourth-order valence-corrected chi connectivity index (χ4v) is 2.66. The normalized spacial score (nSPS) is 10.3. The molecule has 7 heteroatoms. The van der Waals surface area contributed by atoms with Gasteiger partial charge in [-0.2, -0.15) is 0 Å². The Labute approximate surface area is 170 Å². The van der Waals surface area contributed by atoms with Gasteiger partial charge >= 0.3 is 0 Å². The van der Waals surface area contributed by atoms with E-state index in [1.54, 1.807) is 63.8 Å². The number of methoxy groups -OCH3 is 3. The first-order chi connectivity index (χ1) is 14.1. The highest BCUT2D eigenvalue weighted by Gasteiger charge is 2.10. The van der Waals surface area contributed by atoms with Gasteiger partial charge in [-0.15, -0.1) is 0 Å². The number of ketones is 1. The van der Waals surface area contributed by atoms with Crippen molar-refractivity contribution in [2.45, 2.75) is 19.3 Å². The van der Waals surface area contributed by atoms with E-state index in [-0.39, 0.29) is 18.1 Å². The molecule has 2 aromatic carbocycles. The van der Waals surface area contributed by atoms with E-state index in [4.69, 9.17) is 18.9 Å². The lowest BCUT2D eigenvalue weighted by molar-refractivity contribution is -0.116. The number of nitrogens with one attached hydrogen (secondary N) is 1. The molecule has 2 aromatic rings. The molecule has 1 N–H and O–H groups in total. The maximum Gasteiger partial charge on any atom is 0.224 e. The number of benzene rings is 2. The molecule has 2 rings (SSSR count). The molecule has 1 amide bonds. The van der Waals surface area contributed by atoms with Crippen LogP contribution in [0.1, 0.15) is 29.6 Å². The molecular weight excluding hydrogens is 374 g/mol. The van der Waals surface area contributed by atoms with Crippen molar-refractivity contribution in [3.05, 3.63) is 48.0 Å². The van der Waals surface area contributed by atoms with Gasteiger partial charge in [0.15, 0.2) is 17.3 Å². The molecule has 0 heterocycles. The quantitative estimate of drug-likeness (QED) is 0.431. The van der Waals surface area contributed by atoms with E-state index in [0.29, 0.717) is 54.6 Å². The Kier molecular flexibility index (Phi) is 8.98. The third kappa shape index (κ3) is 7.12. The van der Waals surface area contributed by atoms with Gasteiger partial charge in [-0.25, -0.2) is 0 Å². The Morgan fingerprint density at radius 3 is 2.28 bits per heavy atom. The summed E-state index contributed by atoms with van der Waals surface area (Å²) in [5.41, 5.74) is 1.21. The van der Waals surface area contributed by atoms with Gasteiger partial charge < -0.3 is 24.3 Å². The second kappa shape index (κ2) is 11.7. The van der Waals surface area contributed by atoms with Crippen LogP contribution in [0.3, 0.4) is 0 Å². The standard InChI is InChI=1S/C22H27NO6/c1-26-13-14-29-21-15-17(9-12-20(21)28-3)23-22(25)6-4-5-19(24)16-7-10-18(27-2)11-8-16/h7-12,15H,4-6,13-14H2,1-3H3,(H,23,25). The van der Waals surface area contributed by atoms with Crippen molar-refractivity contribution in [2.75, 3.05) is 39.9 Å². The number of Topliss-reactive ketones (excluding diaryl/α,β-unsaturated/α-hetero) is 1. The smallest absolute Gasteiger partial charge is 0.224 e. The highest BCUT2D eigenvalue weighted by molar-refractivity contribution is 5.97. The fourth-order valence-electron chi connectivity index (χ4n) is 2.66. The number of rotatable bonds is 12. The van der Waals surface area contributed by atoms with Crippen molar-refractivity contribution in [3.63, 3.8) is 0 Å². The number of hydrogen-bond acceptors (Lipinski definition) is 6. The predicted molar refractivity (Wildman–Crippen MR) is 110 cm³/mol. The molecule has 0 radical (unpaired) electrons. The lowest BCUT2D eigenvalue weighted by atomic mass is 10.1. The summed E-state index contributed by atoms with van der Waals surface area (Å²) in [6.07, 6.45) is 1.01. The van der Waals surface area contributed by atoms with Crippen molar-refractivity contribution >= 4 is 17.4 Å². The summed E-state index contributed by atoms with van der Waals surface area (Å²) in [5.74, 6) is 1.63. The minimum atomic E-state index is -0.166. The second-order valence-electron chi connectivity index (χ2n) is 6.26. The number of hydrogen-bond donors (Lipinski definition) is 1. The molecule has 0 saturated heterocycles. The van der Waals surface area contributed by atoms with Crippen LogP contribution in [0.4, 0.5) is 5.69 Å². The van der Waals surface area contributed by atoms with Crippen LogP contribution in [0.5, 0.6) is 17.2 Å². The molecule has 0 aromatic heterocycles. The third-order valence-electron chi connectivity index (χ3n) is 4.21. The van der Waals surface area contributed by atoms with E-state index in [9.17, 15) is 9.59 Å². The van der Waals surface area contributed by atoms with Crippen molar-refractivity contribution in [1.82, 2.24) is 0 Å². The third-order valence-corrected chi connectivity index (χ3v) is 4.21. The van der Waals surface area contributed by atoms with Gasteiger partial charge in [0.05, 0.1) is 20.8 Å². The minimum absolute atomic E-state index is 0.00118. The Bertz CT molecular complexity index is 803. The van der Waals surface area contributed by atoms with Crippen LogP contribution in [-0.2, 0) is 9.53 Å². The van der Waals surface area contributed by atoms with Crippen molar-refractivity contribution in [2.24, 2.45) is 0 Å². The summed E-state index contributed by atoms with van der Waals surface area (Å²) in [7, 11) is 4.72. The largest absolute Gasteiger partial charge is 0.497 e. The minimum Gasteiger partial charge on any atom is -0.497 e. The Morgan fingerprint density at radius 1 is 0.862 bits per heavy atom.